The summed E-state index contributed by atoms with van der Waals surface area (Å²) in [5.74, 6) is 1.50. The lowest BCUT2D eigenvalue weighted by molar-refractivity contribution is -0.145. The fourth-order valence-corrected chi connectivity index (χ4v) is 3.76. The van der Waals surface area contributed by atoms with Gasteiger partial charge in [-0.25, -0.2) is 0 Å². The van der Waals surface area contributed by atoms with Crippen LogP contribution in [0.1, 0.15) is 56.4 Å². The van der Waals surface area contributed by atoms with Crippen molar-refractivity contribution in [2.24, 2.45) is 0 Å². The topological polar surface area (TPSA) is 35.5 Å². The second-order valence-corrected chi connectivity index (χ2v) is 6.26. The summed E-state index contributed by atoms with van der Waals surface area (Å²) in [4.78, 5) is 12.9. The number of hydrogen-bond acceptors (Lipinski definition) is 3. The number of carbonyl (C=O) groups excluding carboxylic acids is 1. The lowest BCUT2D eigenvalue weighted by atomic mass is 9.77. The van der Waals surface area contributed by atoms with Crippen LogP contribution in [0.25, 0.3) is 0 Å². The zero-order valence-corrected chi connectivity index (χ0v) is 12.8. The van der Waals surface area contributed by atoms with Gasteiger partial charge < -0.3 is 9.47 Å². The summed E-state index contributed by atoms with van der Waals surface area (Å²) in [6.45, 7) is 0.703. The van der Waals surface area contributed by atoms with E-state index in [4.69, 9.17) is 9.47 Å². The monoisotopic (exact) mass is 288 g/mol. The maximum atomic E-state index is 12.9. The molecular formula is C18H24O3. The molecule has 3 rings (SSSR count). The highest BCUT2D eigenvalue weighted by Crippen LogP contribution is 2.39. The minimum atomic E-state index is -0.522. The molecule has 0 spiro atoms. The minimum absolute atomic E-state index is 0.274. The summed E-state index contributed by atoms with van der Waals surface area (Å²) < 4.78 is 11.4. The highest BCUT2D eigenvalue weighted by Gasteiger charge is 2.40. The molecule has 0 bridgehead atoms. The van der Waals surface area contributed by atoms with E-state index in [1.807, 2.05) is 18.2 Å². The van der Waals surface area contributed by atoms with Crippen molar-refractivity contribution in [1.29, 1.82) is 0 Å². The third-order valence-corrected chi connectivity index (χ3v) is 5.07. The van der Waals surface area contributed by atoms with Crippen molar-refractivity contribution in [3.05, 3.63) is 29.8 Å². The molecule has 1 atom stereocenters. The van der Waals surface area contributed by atoms with Crippen LogP contribution in [0, 0.1) is 0 Å². The van der Waals surface area contributed by atoms with Gasteiger partial charge in [0.25, 0.3) is 0 Å². The van der Waals surface area contributed by atoms with Crippen molar-refractivity contribution in [1.82, 2.24) is 0 Å². The van der Waals surface area contributed by atoms with E-state index in [1.165, 1.54) is 12.0 Å². The first-order valence-electron chi connectivity index (χ1n) is 8.05. The van der Waals surface area contributed by atoms with Gasteiger partial charge in [0.05, 0.1) is 6.61 Å². The van der Waals surface area contributed by atoms with Crippen LogP contribution >= 0.6 is 0 Å². The Labute approximate surface area is 126 Å². The van der Waals surface area contributed by atoms with Crippen molar-refractivity contribution >= 4 is 5.78 Å². The highest BCUT2D eigenvalue weighted by molar-refractivity contribution is 5.88. The molecule has 0 radical (unpaired) electrons. The van der Waals surface area contributed by atoms with Crippen LogP contribution in [-0.4, -0.2) is 25.1 Å². The van der Waals surface area contributed by atoms with Crippen molar-refractivity contribution in [2.45, 2.75) is 56.5 Å². The molecule has 3 nitrogen and oxygen atoms in total. The van der Waals surface area contributed by atoms with Crippen LogP contribution in [0.4, 0.5) is 0 Å². The number of hydrogen-bond donors (Lipinski definition) is 0. The number of ether oxygens (including phenoxy) is 2. The summed E-state index contributed by atoms with van der Waals surface area (Å²) in [6, 6.07) is 8.10. The average Bonchev–Trinajstić information content (AvgIpc) is 2.56. The maximum absolute atomic E-state index is 12.9. The first kappa shape index (κ1) is 14.6. The van der Waals surface area contributed by atoms with Crippen LogP contribution < -0.4 is 4.74 Å². The summed E-state index contributed by atoms with van der Waals surface area (Å²) in [5.41, 5.74) is 0.657. The lowest BCUT2D eigenvalue weighted by Gasteiger charge is -2.36. The summed E-state index contributed by atoms with van der Waals surface area (Å²) >= 11 is 0. The number of para-hydroxylation sites is 1. The van der Waals surface area contributed by atoms with Gasteiger partial charge in [0.1, 0.15) is 11.4 Å². The van der Waals surface area contributed by atoms with Crippen LogP contribution in [0.5, 0.6) is 5.75 Å². The minimum Gasteiger partial charge on any atom is -0.493 e. The Bertz CT molecular complexity index is 503. The SMILES string of the molecule is COC1(C(=O)CC2CCOc3ccccc32)CCCCC1. The van der Waals surface area contributed by atoms with E-state index < -0.39 is 5.60 Å². The number of methoxy groups -OCH3 is 1. The molecule has 0 amide bonds. The Morgan fingerprint density at radius 1 is 1.29 bits per heavy atom. The molecule has 1 aromatic carbocycles. The van der Waals surface area contributed by atoms with Crippen LogP contribution in [0.15, 0.2) is 24.3 Å². The molecule has 1 aromatic rings. The second-order valence-electron chi connectivity index (χ2n) is 6.26. The number of Topliss-reactive ketones (excluding diaryl/α,β-unsaturated/α-hetero) is 1. The molecule has 1 aliphatic carbocycles. The fourth-order valence-electron chi connectivity index (χ4n) is 3.76. The molecule has 3 heteroatoms. The fraction of sp³-hybridized carbons (Fsp3) is 0.611. The first-order valence-corrected chi connectivity index (χ1v) is 8.05. The van der Waals surface area contributed by atoms with Gasteiger partial charge in [-0.1, -0.05) is 37.5 Å². The second kappa shape index (κ2) is 6.18. The van der Waals surface area contributed by atoms with Crippen molar-refractivity contribution in [3.8, 4) is 5.75 Å². The van der Waals surface area contributed by atoms with Crippen molar-refractivity contribution in [2.75, 3.05) is 13.7 Å². The predicted molar refractivity (Wildman–Crippen MR) is 81.7 cm³/mol. The van der Waals surface area contributed by atoms with Gasteiger partial charge in [0, 0.05) is 13.5 Å². The van der Waals surface area contributed by atoms with Crippen LogP contribution in [0.2, 0.25) is 0 Å². The van der Waals surface area contributed by atoms with E-state index in [0.717, 1.165) is 37.9 Å². The number of benzene rings is 1. The van der Waals surface area contributed by atoms with Gasteiger partial charge in [-0.15, -0.1) is 0 Å². The first-order chi connectivity index (χ1) is 10.2. The molecule has 1 aliphatic heterocycles. The number of carbonyl (C=O) groups is 1. The Balaban J connectivity index is 1.76. The molecule has 2 aliphatic rings. The quantitative estimate of drug-likeness (QED) is 0.844. The van der Waals surface area contributed by atoms with E-state index in [-0.39, 0.29) is 11.7 Å². The molecule has 21 heavy (non-hydrogen) atoms. The number of rotatable bonds is 4. The number of ketones is 1. The van der Waals surface area contributed by atoms with Gasteiger partial charge in [0.15, 0.2) is 5.78 Å². The zero-order valence-electron chi connectivity index (χ0n) is 12.8. The highest BCUT2D eigenvalue weighted by atomic mass is 16.5. The predicted octanol–water partition coefficient (Wildman–Crippen LogP) is 3.86. The molecule has 1 heterocycles. The largest absolute Gasteiger partial charge is 0.493 e. The van der Waals surface area contributed by atoms with E-state index in [2.05, 4.69) is 6.07 Å². The lowest BCUT2D eigenvalue weighted by Crippen LogP contribution is -2.43. The van der Waals surface area contributed by atoms with Gasteiger partial charge in [-0.05, 0) is 36.8 Å². The number of fused-ring (bicyclic) bond motifs is 1. The smallest absolute Gasteiger partial charge is 0.165 e. The molecular weight excluding hydrogens is 264 g/mol. The molecule has 1 fully saturated rings. The standard InChI is InChI=1S/C18H24O3/c1-20-18(10-5-2-6-11-18)17(19)13-14-9-12-21-16-8-4-3-7-15(14)16/h3-4,7-8,14H,2,5-6,9-13H2,1H3. The van der Waals surface area contributed by atoms with Crippen LogP contribution in [-0.2, 0) is 9.53 Å². The Morgan fingerprint density at radius 2 is 2.05 bits per heavy atom. The maximum Gasteiger partial charge on any atom is 0.165 e. The van der Waals surface area contributed by atoms with Crippen LogP contribution in [0.3, 0.4) is 0 Å². The van der Waals surface area contributed by atoms with Gasteiger partial charge in [-0.2, -0.15) is 0 Å². The normalized spacial score (nSPS) is 24.0. The summed E-state index contributed by atoms with van der Waals surface area (Å²) in [5, 5.41) is 0. The molecule has 0 saturated heterocycles. The molecule has 0 aromatic heterocycles. The van der Waals surface area contributed by atoms with Crippen molar-refractivity contribution < 1.29 is 14.3 Å². The Hall–Kier alpha value is -1.35. The van der Waals surface area contributed by atoms with E-state index in [9.17, 15) is 4.79 Å². The van der Waals surface area contributed by atoms with Gasteiger partial charge >= 0.3 is 0 Å². The molecule has 0 N–H and O–H groups in total. The zero-order chi connectivity index (χ0) is 14.7. The summed E-state index contributed by atoms with van der Waals surface area (Å²) in [7, 11) is 1.70. The van der Waals surface area contributed by atoms with Gasteiger partial charge in [0.2, 0.25) is 0 Å². The van der Waals surface area contributed by atoms with E-state index >= 15 is 0 Å². The third-order valence-electron chi connectivity index (χ3n) is 5.07. The van der Waals surface area contributed by atoms with Gasteiger partial charge in [-0.3, -0.25) is 4.79 Å². The molecule has 114 valence electrons. The van der Waals surface area contributed by atoms with Crippen molar-refractivity contribution in [3.63, 3.8) is 0 Å². The summed E-state index contributed by atoms with van der Waals surface area (Å²) in [6.07, 6.45) is 6.68. The average molecular weight is 288 g/mol. The van der Waals surface area contributed by atoms with E-state index in [1.54, 1.807) is 7.11 Å². The Kier molecular flexibility index (Phi) is 4.29. The molecule has 1 unspecified atom stereocenters. The Morgan fingerprint density at radius 3 is 2.81 bits per heavy atom. The van der Waals surface area contributed by atoms with E-state index in [0.29, 0.717) is 13.0 Å². The molecule has 1 saturated carbocycles. The third kappa shape index (κ3) is 2.84.